The standard InChI is InChI=1S/C10H12N2OS/c1-5-8(4-11)10(14)12-6(2)9(5)7(3)13/h5,8H,1-3H3,(H,12,14). The molecule has 1 rings (SSSR count). The smallest absolute Gasteiger partial charge is 0.157 e. The predicted molar refractivity (Wildman–Crippen MR) is 57.4 cm³/mol. The summed E-state index contributed by atoms with van der Waals surface area (Å²) in [6.07, 6.45) is 0. The monoisotopic (exact) mass is 208 g/mol. The van der Waals surface area contributed by atoms with Gasteiger partial charge in [0.1, 0.15) is 5.92 Å². The average Bonchev–Trinajstić information content (AvgIpc) is 2.02. The Morgan fingerprint density at radius 2 is 2.21 bits per heavy atom. The van der Waals surface area contributed by atoms with Crippen molar-refractivity contribution in [1.29, 1.82) is 5.26 Å². The molecule has 0 aromatic carbocycles. The molecule has 14 heavy (non-hydrogen) atoms. The fraction of sp³-hybridized carbons (Fsp3) is 0.500. The van der Waals surface area contributed by atoms with Crippen molar-refractivity contribution in [1.82, 2.24) is 5.32 Å². The first-order valence-corrected chi connectivity index (χ1v) is 4.82. The van der Waals surface area contributed by atoms with Crippen LogP contribution in [-0.4, -0.2) is 10.8 Å². The van der Waals surface area contributed by atoms with Gasteiger partial charge >= 0.3 is 0 Å². The summed E-state index contributed by atoms with van der Waals surface area (Å²) in [4.78, 5) is 11.9. The van der Waals surface area contributed by atoms with E-state index < -0.39 is 0 Å². The van der Waals surface area contributed by atoms with Gasteiger partial charge in [-0.25, -0.2) is 0 Å². The first kappa shape index (κ1) is 10.9. The van der Waals surface area contributed by atoms with Gasteiger partial charge in [0.2, 0.25) is 0 Å². The quantitative estimate of drug-likeness (QED) is 0.664. The molecule has 1 N–H and O–H groups in total. The summed E-state index contributed by atoms with van der Waals surface area (Å²) in [5.74, 6) is -0.482. The van der Waals surface area contributed by atoms with Gasteiger partial charge in [-0.2, -0.15) is 5.26 Å². The molecule has 0 amide bonds. The fourth-order valence-electron chi connectivity index (χ4n) is 1.82. The van der Waals surface area contributed by atoms with Crippen LogP contribution in [0, 0.1) is 23.2 Å². The van der Waals surface area contributed by atoms with Gasteiger partial charge in [-0.05, 0) is 13.8 Å². The van der Waals surface area contributed by atoms with Crippen LogP contribution in [0.3, 0.4) is 0 Å². The molecule has 1 heterocycles. The number of Topliss-reactive ketones (excluding diaryl/α,β-unsaturated/α-hetero) is 1. The molecule has 1 aliphatic heterocycles. The number of allylic oxidation sites excluding steroid dienone is 2. The molecule has 0 spiro atoms. The molecule has 1 aliphatic rings. The third-order valence-electron chi connectivity index (χ3n) is 2.47. The Kier molecular flexibility index (Phi) is 3.02. The van der Waals surface area contributed by atoms with E-state index in [2.05, 4.69) is 11.4 Å². The highest BCUT2D eigenvalue weighted by Gasteiger charge is 2.32. The Morgan fingerprint density at radius 3 is 2.64 bits per heavy atom. The second kappa shape index (κ2) is 3.89. The van der Waals surface area contributed by atoms with Crippen LogP contribution in [0.25, 0.3) is 0 Å². The Bertz CT molecular complexity index is 365. The van der Waals surface area contributed by atoms with Crippen LogP contribution < -0.4 is 5.32 Å². The minimum absolute atomic E-state index is 0.00486. The van der Waals surface area contributed by atoms with Gasteiger partial charge in [-0.15, -0.1) is 0 Å². The average molecular weight is 208 g/mol. The van der Waals surface area contributed by atoms with Gasteiger partial charge in [0.15, 0.2) is 5.78 Å². The Labute approximate surface area is 88.8 Å². The van der Waals surface area contributed by atoms with Gasteiger partial charge in [0, 0.05) is 17.2 Å². The van der Waals surface area contributed by atoms with Gasteiger partial charge in [0.25, 0.3) is 0 Å². The van der Waals surface area contributed by atoms with E-state index in [-0.39, 0.29) is 17.6 Å². The molecule has 4 heteroatoms. The molecular weight excluding hydrogens is 196 g/mol. The molecule has 3 nitrogen and oxygen atoms in total. The van der Waals surface area contributed by atoms with Crippen molar-refractivity contribution >= 4 is 23.0 Å². The maximum absolute atomic E-state index is 11.3. The molecule has 0 saturated carbocycles. The second-order valence-electron chi connectivity index (χ2n) is 3.48. The zero-order valence-corrected chi connectivity index (χ0v) is 9.23. The third-order valence-corrected chi connectivity index (χ3v) is 2.83. The number of carbonyl (C=O) groups excluding carboxylic acids is 1. The SMILES string of the molecule is CC(=O)C1=C(C)NC(=S)C(C#N)C1C. The highest BCUT2D eigenvalue weighted by atomic mass is 32.1. The van der Waals surface area contributed by atoms with Crippen molar-refractivity contribution in [2.45, 2.75) is 20.8 Å². The number of nitrogens with zero attached hydrogens (tertiary/aromatic N) is 1. The lowest BCUT2D eigenvalue weighted by atomic mass is 9.82. The van der Waals surface area contributed by atoms with Crippen LogP contribution in [0.4, 0.5) is 0 Å². The lowest BCUT2D eigenvalue weighted by Gasteiger charge is -2.28. The minimum atomic E-state index is -0.382. The number of ketones is 1. The molecule has 74 valence electrons. The molecule has 0 bridgehead atoms. The molecule has 0 aromatic rings. The number of carbonyl (C=O) groups is 1. The van der Waals surface area contributed by atoms with Gasteiger partial charge in [-0.1, -0.05) is 19.1 Å². The maximum Gasteiger partial charge on any atom is 0.157 e. The van der Waals surface area contributed by atoms with Crippen LogP contribution in [0.1, 0.15) is 20.8 Å². The van der Waals surface area contributed by atoms with Crippen LogP contribution in [0.15, 0.2) is 11.3 Å². The van der Waals surface area contributed by atoms with Gasteiger partial charge in [0.05, 0.1) is 11.1 Å². The predicted octanol–water partition coefficient (Wildman–Crippen LogP) is 1.56. The van der Waals surface area contributed by atoms with E-state index in [0.717, 1.165) is 5.70 Å². The third kappa shape index (κ3) is 1.68. The van der Waals surface area contributed by atoms with Gasteiger partial charge in [-0.3, -0.25) is 4.79 Å². The number of nitriles is 1. The van der Waals surface area contributed by atoms with Crippen molar-refractivity contribution in [2.24, 2.45) is 11.8 Å². The lowest BCUT2D eigenvalue weighted by molar-refractivity contribution is -0.114. The van der Waals surface area contributed by atoms with E-state index in [0.29, 0.717) is 10.6 Å². The van der Waals surface area contributed by atoms with Gasteiger partial charge < -0.3 is 5.32 Å². The molecule has 0 aromatic heterocycles. The first-order chi connectivity index (χ1) is 6.49. The highest BCUT2D eigenvalue weighted by Crippen LogP contribution is 2.28. The Balaban J connectivity index is 3.17. The molecule has 2 unspecified atom stereocenters. The maximum atomic E-state index is 11.3. The summed E-state index contributed by atoms with van der Waals surface area (Å²) in [5, 5.41) is 11.8. The van der Waals surface area contributed by atoms with Crippen molar-refractivity contribution in [3.05, 3.63) is 11.3 Å². The molecule has 0 aliphatic carbocycles. The van der Waals surface area contributed by atoms with Crippen molar-refractivity contribution < 1.29 is 4.79 Å². The van der Waals surface area contributed by atoms with Crippen LogP contribution >= 0.6 is 12.2 Å². The zero-order valence-electron chi connectivity index (χ0n) is 8.42. The molecule has 0 saturated heterocycles. The number of nitrogens with one attached hydrogen (secondary N) is 1. The molecular formula is C10H12N2OS. The van der Waals surface area contributed by atoms with Crippen LogP contribution in [-0.2, 0) is 4.79 Å². The largest absolute Gasteiger partial charge is 0.352 e. The molecule has 0 radical (unpaired) electrons. The zero-order chi connectivity index (χ0) is 10.9. The number of thiocarbonyl (C=S) groups is 1. The Morgan fingerprint density at radius 1 is 1.64 bits per heavy atom. The van der Waals surface area contributed by atoms with E-state index in [1.54, 1.807) is 0 Å². The summed E-state index contributed by atoms with van der Waals surface area (Å²) < 4.78 is 0. The fourth-order valence-corrected chi connectivity index (χ4v) is 2.23. The lowest BCUT2D eigenvalue weighted by Crippen LogP contribution is -2.39. The summed E-state index contributed by atoms with van der Waals surface area (Å²) in [5.41, 5.74) is 1.46. The first-order valence-electron chi connectivity index (χ1n) is 4.41. The summed E-state index contributed by atoms with van der Waals surface area (Å²) >= 11 is 5.04. The topological polar surface area (TPSA) is 52.9 Å². The van der Waals surface area contributed by atoms with E-state index in [1.807, 2.05) is 13.8 Å². The van der Waals surface area contributed by atoms with Crippen molar-refractivity contribution in [2.75, 3.05) is 0 Å². The highest BCUT2D eigenvalue weighted by molar-refractivity contribution is 7.80. The second-order valence-corrected chi connectivity index (χ2v) is 3.92. The number of hydrogen-bond acceptors (Lipinski definition) is 3. The van der Waals surface area contributed by atoms with E-state index in [1.165, 1.54) is 6.92 Å². The van der Waals surface area contributed by atoms with Crippen molar-refractivity contribution in [3.8, 4) is 6.07 Å². The van der Waals surface area contributed by atoms with E-state index in [9.17, 15) is 4.79 Å². The van der Waals surface area contributed by atoms with E-state index in [4.69, 9.17) is 17.5 Å². The molecule has 0 fully saturated rings. The summed E-state index contributed by atoms with van der Waals surface area (Å²) in [6, 6.07) is 2.12. The van der Waals surface area contributed by atoms with Crippen LogP contribution in [0.2, 0.25) is 0 Å². The van der Waals surface area contributed by atoms with Crippen molar-refractivity contribution in [3.63, 3.8) is 0 Å². The summed E-state index contributed by atoms with van der Waals surface area (Å²) in [6.45, 7) is 5.19. The minimum Gasteiger partial charge on any atom is -0.352 e. The number of rotatable bonds is 1. The Hall–Kier alpha value is -1.21. The summed E-state index contributed by atoms with van der Waals surface area (Å²) in [7, 11) is 0. The number of hydrogen-bond donors (Lipinski definition) is 1. The normalized spacial score (nSPS) is 26.9. The molecule has 2 atom stereocenters. The van der Waals surface area contributed by atoms with E-state index >= 15 is 0 Å². The van der Waals surface area contributed by atoms with Crippen LogP contribution in [0.5, 0.6) is 0 Å².